The van der Waals surface area contributed by atoms with Crippen LogP contribution in [0.4, 0.5) is 0 Å². The van der Waals surface area contributed by atoms with Crippen molar-refractivity contribution in [3.8, 4) is 0 Å². The molecule has 0 saturated carbocycles. The molecule has 1 aliphatic rings. The number of hydrogen-bond donors (Lipinski definition) is 1. The Morgan fingerprint density at radius 2 is 1.64 bits per heavy atom. The van der Waals surface area contributed by atoms with Gasteiger partial charge in [-0.2, -0.15) is 0 Å². The highest BCUT2D eigenvalue weighted by atomic mass is 32.1. The molecule has 0 aromatic carbocycles. The number of nitrogens with zero attached hydrogens (tertiary/aromatic N) is 1. The van der Waals surface area contributed by atoms with Crippen molar-refractivity contribution in [1.29, 1.82) is 0 Å². The molecule has 0 aliphatic carbocycles. The standard InChI is InChI=1S/C9H19NS/c1-3-8-6-5-7-9(4-2)10(8)11/h8-9,11H,3-7H2,1-2H3. The van der Waals surface area contributed by atoms with Crippen LogP contribution in [-0.4, -0.2) is 16.4 Å². The summed E-state index contributed by atoms with van der Waals surface area (Å²) in [7, 11) is 0. The predicted octanol–water partition coefficient (Wildman–Crippen LogP) is 2.87. The first kappa shape index (κ1) is 9.40. The van der Waals surface area contributed by atoms with Crippen LogP contribution in [0.2, 0.25) is 0 Å². The van der Waals surface area contributed by atoms with E-state index in [0.29, 0.717) is 0 Å². The normalized spacial score (nSPS) is 34.1. The molecule has 0 aromatic rings. The van der Waals surface area contributed by atoms with Crippen molar-refractivity contribution in [1.82, 2.24) is 4.31 Å². The Morgan fingerprint density at radius 3 is 2.00 bits per heavy atom. The van der Waals surface area contributed by atoms with E-state index in [0.717, 1.165) is 12.1 Å². The number of thiol groups is 1. The molecule has 66 valence electrons. The Balaban J connectivity index is 2.45. The summed E-state index contributed by atoms with van der Waals surface area (Å²) in [5.41, 5.74) is 0. The topological polar surface area (TPSA) is 3.24 Å². The quantitative estimate of drug-likeness (QED) is 0.628. The monoisotopic (exact) mass is 173 g/mol. The minimum absolute atomic E-state index is 0.733. The molecule has 0 radical (unpaired) electrons. The summed E-state index contributed by atoms with van der Waals surface area (Å²) in [6.07, 6.45) is 6.58. The zero-order valence-electron chi connectivity index (χ0n) is 7.58. The van der Waals surface area contributed by atoms with Crippen molar-refractivity contribution in [2.24, 2.45) is 0 Å². The van der Waals surface area contributed by atoms with Crippen LogP contribution in [0.5, 0.6) is 0 Å². The minimum atomic E-state index is 0.733. The predicted molar refractivity (Wildman–Crippen MR) is 52.8 cm³/mol. The van der Waals surface area contributed by atoms with Gasteiger partial charge in [0.05, 0.1) is 0 Å². The van der Waals surface area contributed by atoms with Gasteiger partial charge in [0.1, 0.15) is 0 Å². The van der Waals surface area contributed by atoms with Gasteiger partial charge in [0.15, 0.2) is 0 Å². The van der Waals surface area contributed by atoms with E-state index in [2.05, 4.69) is 31.0 Å². The van der Waals surface area contributed by atoms with E-state index in [4.69, 9.17) is 0 Å². The van der Waals surface area contributed by atoms with Gasteiger partial charge in [-0.15, -0.1) is 0 Å². The smallest absolute Gasteiger partial charge is 0.0200 e. The van der Waals surface area contributed by atoms with Gasteiger partial charge in [0.25, 0.3) is 0 Å². The lowest BCUT2D eigenvalue weighted by molar-refractivity contribution is 0.190. The molecular formula is C9H19NS. The van der Waals surface area contributed by atoms with Crippen LogP contribution in [0.3, 0.4) is 0 Å². The van der Waals surface area contributed by atoms with Crippen molar-refractivity contribution in [2.75, 3.05) is 0 Å². The first-order chi connectivity index (χ1) is 5.29. The molecule has 0 bridgehead atoms. The summed E-state index contributed by atoms with van der Waals surface area (Å²) in [5, 5.41) is 0. The third kappa shape index (κ3) is 2.12. The summed E-state index contributed by atoms with van der Waals surface area (Å²) >= 11 is 4.54. The lowest BCUT2D eigenvalue weighted by Crippen LogP contribution is -2.39. The zero-order chi connectivity index (χ0) is 8.27. The van der Waals surface area contributed by atoms with E-state index in [1.807, 2.05) is 0 Å². The fourth-order valence-electron chi connectivity index (χ4n) is 1.93. The lowest BCUT2D eigenvalue weighted by Gasteiger charge is -2.37. The van der Waals surface area contributed by atoms with Gasteiger partial charge in [-0.1, -0.05) is 33.1 Å². The maximum atomic E-state index is 4.54. The molecule has 11 heavy (non-hydrogen) atoms. The van der Waals surface area contributed by atoms with Gasteiger partial charge in [0.2, 0.25) is 0 Å². The van der Waals surface area contributed by atoms with Crippen molar-refractivity contribution in [3.63, 3.8) is 0 Å². The van der Waals surface area contributed by atoms with Crippen molar-refractivity contribution >= 4 is 12.8 Å². The molecule has 0 aromatic heterocycles. The van der Waals surface area contributed by atoms with Crippen LogP contribution in [0.25, 0.3) is 0 Å². The third-order valence-corrected chi connectivity index (χ3v) is 3.42. The summed E-state index contributed by atoms with van der Waals surface area (Å²) in [6.45, 7) is 4.51. The second-order valence-electron chi connectivity index (χ2n) is 3.44. The van der Waals surface area contributed by atoms with Gasteiger partial charge in [0, 0.05) is 12.1 Å². The maximum absolute atomic E-state index is 4.54. The average Bonchev–Trinajstić information content (AvgIpc) is 2.05. The molecule has 2 atom stereocenters. The van der Waals surface area contributed by atoms with Crippen LogP contribution in [0, 0.1) is 0 Å². The van der Waals surface area contributed by atoms with E-state index >= 15 is 0 Å². The maximum Gasteiger partial charge on any atom is 0.0200 e. The Kier molecular flexibility index (Phi) is 3.73. The van der Waals surface area contributed by atoms with Gasteiger partial charge in [-0.25, -0.2) is 4.31 Å². The Bertz CT molecular complexity index is 104. The number of piperidine rings is 1. The molecule has 2 unspecified atom stereocenters. The van der Waals surface area contributed by atoms with E-state index in [-0.39, 0.29) is 0 Å². The van der Waals surface area contributed by atoms with Crippen molar-refractivity contribution in [2.45, 2.75) is 58.0 Å². The molecule has 0 amide bonds. The molecule has 1 rings (SSSR count). The van der Waals surface area contributed by atoms with Crippen LogP contribution in [0.1, 0.15) is 46.0 Å². The van der Waals surface area contributed by atoms with Crippen LogP contribution in [0.15, 0.2) is 0 Å². The Labute approximate surface area is 75.7 Å². The molecule has 1 fully saturated rings. The van der Waals surface area contributed by atoms with Crippen LogP contribution >= 0.6 is 12.8 Å². The third-order valence-electron chi connectivity index (χ3n) is 2.77. The highest BCUT2D eigenvalue weighted by Gasteiger charge is 2.25. The average molecular weight is 173 g/mol. The summed E-state index contributed by atoms with van der Waals surface area (Å²) in [4.78, 5) is 0. The molecule has 1 heterocycles. The largest absolute Gasteiger partial charge is 0.247 e. The minimum Gasteiger partial charge on any atom is -0.247 e. The number of hydrogen-bond acceptors (Lipinski definition) is 2. The van der Waals surface area contributed by atoms with Gasteiger partial charge in [-0.3, -0.25) is 0 Å². The van der Waals surface area contributed by atoms with Crippen molar-refractivity contribution < 1.29 is 0 Å². The molecule has 1 aliphatic heterocycles. The molecule has 0 spiro atoms. The van der Waals surface area contributed by atoms with Crippen LogP contribution in [-0.2, 0) is 0 Å². The fourth-order valence-corrected chi connectivity index (χ4v) is 2.49. The van der Waals surface area contributed by atoms with E-state index < -0.39 is 0 Å². The highest BCUT2D eigenvalue weighted by molar-refractivity contribution is 7.77. The second kappa shape index (κ2) is 4.36. The lowest BCUT2D eigenvalue weighted by atomic mass is 9.95. The summed E-state index contributed by atoms with van der Waals surface area (Å²) in [5.74, 6) is 0. The Hall–Kier alpha value is 0.310. The molecule has 1 nitrogen and oxygen atoms in total. The van der Waals surface area contributed by atoms with E-state index in [1.54, 1.807) is 0 Å². The van der Waals surface area contributed by atoms with Gasteiger partial charge in [-0.05, 0) is 25.7 Å². The molecule has 1 saturated heterocycles. The number of rotatable bonds is 2. The molecule has 0 N–H and O–H groups in total. The van der Waals surface area contributed by atoms with Crippen LogP contribution < -0.4 is 0 Å². The van der Waals surface area contributed by atoms with Gasteiger partial charge >= 0.3 is 0 Å². The molecular weight excluding hydrogens is 154 g/mol. The van der Waals surface area contributed by atoms with Gasteiger partial charge < -0.3 is 0 Å². The summed E-state index contributed by atoms with van der Waals surface area (Å²) < 4.78 is 2.28. The van der Waals surface area contributed by atoms with E-state index in [9.17, 15) is 0 Å². The first-order valence-corrected chi connectivity index (χ1v) is 5.16. The fraction of sp³-hybridized carbons (Fsp3) is 1.00. The first-order valence-electron chi connectivity index (χ1n) is 4.76. The summed E-state index contributed by atoms with van der Waals surface area (Å²) in [6, 6.07) is 1.47. The molecule has 2 heteroatoms. The highest BCUT2D eigenvalue weighted by Crippen LogP contribution is 2.27. The zero-order valence-corrected chi connectivity index (χ0v) is 8.48. The SMILES string of the molecule is CCC1CCCC(CC)N1S. The second-order valence-corrected chi connectivity index (χ2v) is 3.90. The van der Waals surface area contributed by atoms with Crippen molar-refractivity contribution in [3.05, 3.63) is 0 Å². The Morgan fingerprint density at radius 1 is 1.18 bits per heavy atom. The van der Waals surface area contributed by atoms with E-state index in [1.165, 1.54) is 32.1 Å².